The maximum Gasteiger partial charge on any atom is 0.263 e. The summed E-state index contributed by atoms with van der Waals surface area (Å²) in [6.45, 7) is 0.889. The lowest BCUT2D eigenvalue weighted by Crippen LogP contribution is -2.31. The van der Waals surface area contributed by atoms with E-state index in [2.05, 4.69) is 0 Å². The molecule has 1 unspecified atom stereocenters. The average molecular weight is 318 g/mol. The van der Waals surface area contributed by atoms with Gasteiger partial charge in [-0.25, -0.2) is 4.39 Å². The van der Waals surface area contributed by atoms with E-state index in [4.69, 9.17) is 5.73 Å². The van der Waals surface area contributed by atoms with Gasteiger partial charge in [0, 0.05) is 23.5 Å². The normalized spacial score (nSPS) is 17.7. The molecule has 2 N–H and O–H groups in total. The zero-order chi connectivity index (χ0) is 15.7. The highest BCUT2D eigenvalue weighted by atomic mass is 32.1. The molecule has 1 aromatic carbocycles. The molecule has 114 valence electrons. The number of carbonyl (C=O) groups excluding carboxylic acids is 2. The first kappa shape index (κ1) is 14.7. The van der Waals surface area contributed by atoms with Gasteiger partial charge in [0.05, 0.1) is 10.8 Å². The molecule has 6 heteroatoms. The summed E-state index contributed by atoms with van der Waals surface area (Å²) < 4.78 is 13.8. The minimum Gasteiger partial charge on any atom is -0.369 e. The van der Waals surface area contributed by atoms with Crippen LogP contribution in [0.5, 0.6) is 0 Å². The zero-order valence-electron chi connectivity index (χ0n) is 11.8. The largest absolute Gasteiger partial charge is 0.369 e. The van der Waals surface area contributed by atoms with Crippen molar-refractivity contribution >= 4 is 23.2 Å². The molecule has 2 heterocycles. The zero-order valence-corrected chi connectivity index (χ0v) is 12.6. The van der Waals surface area contributed by atoms with Crippen LogP contribution in [-0.4, -0.2) is 29.8 Å². The Morgan fingerprint density at radius 3 is 2.68 bits per heavy atom. The van der Waals surface area contributed by atoms with Gasteiger partial charge in [0.1, 0.15) is 5.82 Å². The Morgan fingerprint density at radius 1 is 1.23 bits per heavy atom. The number of thiophene rings is 1. The van der Waals surface area contributed by atoms with E-state index < -0.39 is 0 Å². The van der Waals surface area contributed by atoms with Crippen LogP contribution in [0.25, 0.3) is 10.4 Å². The third kappa shape index (κ3) is 2.74. The van der Waals surface area contributed by atoms with Crippen LogP contribution in [0.1, 0.15) is 16.1 Å². The molecule has 1 aliphatic heterocycles. The van der Waals surface area contributed by atoms with Crippen molar-refractivity contribution in [2.24, 2.45) is 11.7 Å². The van der Waals surface area contributed by atoms with Crippen molar-refractivity contribution in [2.45, 2.75) is 6.42 Å². The third-order valence-corrected chi connectivity index (χ3v) is 4.94. The van der Waals surface area contributed by atoms with Crippen molar-refractivity contribution in [3.63, 3.8) is 0 Å². The van der Waals surface area contributed by atoms with Crippen molar-refractivity contribution in [1.29, 1.82) is 0 Å². The van der Waals surface area contributed by atoms with Gasteiger partial charge < -0.3 is 10.6 Å². The molecular weight excluding hydrogens is 303 g/mol. The second-order valence-corrected chi connectivity index (χ2v) is 6.37. The quantitative estimate of drug-likeness (QED) is 0.945. The summed E-state index contributed by atoms with van der Waals surface area (Å²) in [5, 5.41) is 0. The Balaban J connectivity index is 1.78. The highest BCUT2D eigenvalue weighted by Crippen LogP contribution is 2.31. The predicted octanol–water partition coefficient (Wildman–Crippen LogP) is 2.50. The second-order valence-electron chi connectivity index (χ2n) is 5.28. The summed E-state index contributed by atoms with van der Waals surface area (Å²) in [5.41, 5.74) is 5.77. The minimum atomic E-state index is -0.367. The number of nitrogens with zero attached hydrogens (tertiary/aromatic N) is 1. The van der Waals surface area contributed by atoms with Crippen LogP contribution in [0.3, 0.4) is 0 Å². The molecule has 0 radical (unpaired) electrons. The highest BCUT2D eigenvalue weighted by Gasteiger charge is 2.30. The Labute approximate surface area is 131 Å². The van der Waals surface area contributed by atoms with Crippen molar-refractivity contribution in [2.75, 3.05) is 13.1 Å². The molecule has 2 amide bonds. The van der Waals surface area contributed by atoms with E-state index in [1.54, 1.807) is 35.2 Å². The summed E-state index contributed by atoms with van der Waals surface area (Å²) in [7, 11) is 0. The summed E-state index contributed by atoms with van der Waals surface area (Å²) in [4.78, 5) is 26.5. The Bertz CT molecular complexity index is 728. The lowest BCUT2D eigenvalue weighted by Gasteiger charge is -2.14. The SMILES string of the molecule is NC(=O)C1CCN(C(=O)c2ccc(-c3ccccc3F)s2)C1. The van der Waals surface area contributed by atoms with Gasteiger partial charge in [-0.15, -0.1) is 11.3 Å². The molecular formula is C16H15FN2O2S. The maximum atomic E-state index is 13.8. The fraction of sp³-hybridized carbons (Fsp3) is 0.250. The summed E-state index contributed by atoms with van der Waals surface area (Å²) >= 11 is 1.26. The van der Waals surface area contributed by atoms with Crippen LogP contribution < -0.4 is 5.73 Å². The number of benzene rings is 1. The van der Waals surface area contributed by atoms with Crippen molar-refractivity contribution < 1.29 is 14.0 Å². The van der Waals surface area contributed by atoms with Gasteiger partial charge in [-0.3, -0.25) is 9.59 Å². The number of hydrogen-bond donors (Lipinski definition) is 1. The van der Waals surface area contributed by atoms with Crippen LogP contribution in [0, 0.1) is 11.7 Å². The standard InChI is InChI=1S/C16H15FN2O2S/c17-12-4-2-1-3-11(12)13-5-6-14(22-13)16(21)19-8-7-10(9-19)15(18)20/h1-6,10H,7-9H2,(H2,18,20). The molecule has 3 rings (SSSR count). The van der Waals surface area contributed by atoms with Crippen LogP contribution in [0.2, 0.25) is 0 Å². The van der Waals surface area contributed by atoms with Crippen molar-refractivity contribution in [3.05, 3.63) is 47.1 Å². The predicted molar refractivity (Wildman–Crippen MR) is 82.9 cm³/mol. The van der Waals surface area contributed by atoms with E-state index in [0.29, 0.717) is 34.8 Å². The fourth-order valence-corrected chi connectivity index (χ4v) is 3.59. The molecule has 22 heavy (non-hydrogen) atoms. The van der Waals surface area contributed by atoms with Crippen LogP contribution >= 0.6 is 11.3 Å². The first-order valence-corrected chi connectivity index (χ1v) is 7.81. The second kappa shape index (κ2) is 5.88. The van der Waals surface area contributed by atoms with E-state index in [1.807, 2.05) is 0 Å². The van der Waals surface area contributed by atoms with Gasteiger partial charge >= 0.3 is 0 Å². The molecule has 4 nitrogen and oxygen atoms in total. The van der Waals surface area contributed by atoms with E-state index in [1.165, 1.54) is 17.4 Å². The Morgan fingerprint density at radius 2 is 2.00 bits per heavy atom. The van der Waals surface area contributed by atoms with E-state index in [0.717, 1.165) is 0 Å². The van der Waals surface area contributed by atoms with Gasteiger partial charge in [0.15, 0.2) is 0 Å². The number of amides is 2. The topological polar surface area (TPSA) is 63.4 Å². The van der Waals surface area contributed by atoms with Crippen molar-refractivity contribution in [1.82, 2.24) is 4.90 Å². The van der Waals surface area contributed by atoms with E-state index >= 15 is 0 Å². The van der Waals surface area contributed by atoms with Gasteiger partial charge in [-0.2, -0.15) is 0 Å². The van der Waals surface area contributed by atoms with E-state index in [9.17, 15) is 14.0 Å². The summed E-state index contributed by atoms with van der Waals surface area (Å²) in [6, 6.07) is 9.93. The molecule has 1 aliphatic rings. The monoisotopic (exact) mass is 318 g/mol. The fourth-order valence-electron chi connectivity index (χ4n) is 2.59. The summed E-state index contributed by atoms with van der Waals surface area (Å²) in [6.07, 6.45) is 0.604. The first-order valence-electron chi connectivity index (χ1n) is 6.99. The van der Waals surface area contributed by atoms with Gasteiger partial charge in [-0.1, -0.05) is 18.2 Å². The number of likely N-dealkylation sites (tertiary alicyclic amines) is 1. The van der Waals surface area contributed by atoms with Crippen LogP contribution in [0.4, 0.5) is 4.39 Å². The lowest BCUT2D eigenvalue weighted by atomic mass is 10.1. The van der Waals surface area contributed by atoms with Crippen molar-refractivity contribution in [3.8, 4) is 10.4 Å². The molecule has 1 aromatic heterocycles. The Hall–Kier alpha value is -2.21. The summed E-state index contributed by atoms with van der Waals surface area (Å²) in [5.74, 6) is -1.07. The molecule has 0 spiro atoms. The first-order chi connectivity index (χ1) is 10.6. The molecule has 1 saturated heterocycles. The van der Waals surface area contributed by atoms with Crippen LogP contribution in [0.15, 0.2) is 36.4 Å². The molecule has 2 aromatic rings. The van der Waals surface area contributed by atoms with Crippen LogP contribution in [-0.2, 0) is 4.79 Å². The number of halogens is 1. The van der Waals surface area contributed by atoms with E-state index in [-0.39, 0.29) is 23.5 Å². The number of rotatable bonds is 3. The number of carbonyl (C=O) groups is 2. The Kier molecular flexibility index (Phi) is 3.94. The molecule has 0 saturated carbocycles. The number of primary amides is 1. The average Bonchev–Trinajstić information content (AvgIpc) is 3.17. The lowest BCUT2D eigenvalue weighted by molar-refractivity contribution is -0.121. The molecule has 1 atom stereocenters. The van der Waals surface area contributed by atoms with Gasteiger partial charge in [0.25, 0.3) is 5.91 Å². The van der Waals surface area contributed by atoms with Gasteiger partial charge in [0.2, 0.25) is 5.91 Å². The maximum absolute atomic E-state index is 13.8. The smallest absolute Gasteiger partial charge is 0.263 e. The number of nitrogens with two attached hydrogens (primary N) is 1. The number of hydrogen-bond acceptors (Lipinski definition) is 3. The molecule has 1 fully saturated rings. The highest BCUT2D eigenvalue weighted by molar-refractivity contribution is 7.17. The third-order valence-electron chi connectivity index (χ3n) is 3.83. The minimum absolute atomic E-state index is 0.128. The molecule has 0 bridgehead atoms. The van der Waals surface area contributed by atoms with Gasteiger partial charge in [-0.05, 0) is 24.6 Å². The molecule has 0 aliphatic carbocycles.